The first-order valence-corrected chi connectivity index (χ1v) is 9.59. The Morgan fingerprint density at radius 3 is 2.30 bits per heavy atom. The van der Waals surface area contributed by atoms with Gasteiger partial charge in [-0.05, 0) is 35.2 Å². The minimum absolute atomic E-state index is 0.0909. The number of hydrogen-bond donors (Lipinski definition) is 0. The van der Waals surface area contributed by atoms with Gasteiger partial charge in [-0.15, -0.1) is 11.3 Å². The molecule has 0 aliphatic rings. The number of thiophene rings is 1. The summed E-state index contributed by atoms with van der Waals surface area (Å²) in [7, 11) is 0. The second-order valence-electron chi connectivity index (χ2n) is 7.63. The van der Waals surface area contributed by atoms with Gasteiger partial charge in [0, 0.05) is 38.4 Å². The molecule has 0 aliphatic carbocycles. The standard InChI is InChI=1S/C23H19F2NS/c1-23(2,3)15-6-4-14(5-7-15)22-18-13-21(27-20(18)10-11-26-22)17-9-8-16(24)12-19(17)25/h4-13H,1-3H3. The molecule has 2 aromatic carbocycles. The van der Waals surface area contributed by atoms with Crippen molar-refractivity contribution in [2.75, 3.05) is 0 Å². The predicted molar refractivity (Wildman–Crippen MR) is 109 cm³/mol. The predicted octanol–water partition coefficient (Wildman–Crippen LogP) is 7.21. The van der Waals surface area contributed by atoms with Crippen molar-refractivity contribution in [1.29, 1.82) is 0 Å². The number of halogens is 2. The molecule has 2 heterocycles. The summed E-state index contributed by atoms with van der Waals surface area (Å²) in [6.07, 6.45) is 1.77. The van der Waals surface area contributed by atoms with Gasteiger partial charge in [-0.25, -0.2) is 8.78 Å². The van der Waals surface area contributed by atoms with E-state index in [0.717, 1.165) is 32.3 Å². The first-order chi connectivity index (χ1) is 12.8. The van der Waals surface area contributed by atoms with Crippen molar-refractivity contribution < 1.29 is 8.78 Å². The third kappa shape index (κ3) is 3.37. The fraction of sp³-hybridized carbons (Fsp3) is 0.174. The van der Waals surface area contributed by atoms with Crippen LogP contribution in [0.25, 0.3) is 31.8 Å². The van der Waals surface area contributed by atoms with Crippen molar-refractivity contribution >= 4 is 21.4 Å². The molecule has 0 saturated heterocycles. The molecular weight excluding hydrogens is 360 g/mol. The molecule has 2 aromatic heterocycles. The highest BCUT2D eigenvalue weighted by Gasteiger charge is 2.16. The Hall–Kier alpha value is -2.59. The van der Waals surface area contributed by atoms with Crippen LogP contribution >= 0.6 is 11.3 Å². The van der Waals surface area contributed by atoms with E-state index in [2.05, 4.69) is 50.0 Å². The number of hydrogen-bond acceptors (Lipinski definition) is 2. The zero-order chi connectivity index (χ0) is 19.2. The largest absolute Gasteiger partial charge is 0.256 e. The molecule has 0 atom stereocenters. The van der Waals surface area contributed by atoms with Crippen LogP contribution < -0.4 is 0 Å². The number of benzene rings is 2. The van der Waals surface area contributed by atoms with Gasteiger partial charge in [0.15, 0.2) is 0 Å². The molecule has 4 aromatic rings. The highest BCUT2D eigenvalue weighted by atomic mass is 32.1. The van der Waals surface area contributed by atoms with Crippen molar-refractivity contribution in [2.24, 2.45) is 0 Å². The van der Waals surface area contributed by atoms with Crippen LogP contribution in [-0.2, 0) is 5.41 Å². The Morgan fingerprint density at radius 2 is 1.63 bits per heavy atom. The molecule has 4 heteroatoms. The van der Waals surface area contributed by atoms with E-state index in [1.807, 2.05) is 12.1 Å². The van der Waals surface area contributed by atoms with Crippen molar-refractivity contribution in [3.63, 3.8) is 0 Å². The first-order valence-electron chi connectivity index (χ1n) is 8.78. The Bertz CT molecular complexity index is 1120. The molecule has 4 rings (SSSR count). The lowest BCUT2D eigenvalue weighted by molar-refractivity contribution is 0.586. The van der Waals surface area contributed by atoms with E-state index >= 15 is 0 Å². The van der Waals surface area contributed by atoms with Crippen LogP contribution in [0.2, 0.25) is 0 Å². The molecule has 27 heavy (non-hydrogen) atoms. The van der Waals surface area contributed by atoms with Crippen molar-refractivity contribution in [2.45, 2.75) is 26.2 Å². The van der Waals surface area contributed by atoms with Crippen LogP contribution in [0.1, 0.15) is 26.3 Å². The smallest absolute Gasteiger partial charge is 0.134 e. The minimum atomic E-state index is -0.571. The lowest BCUT2D eigenvalue weighted by Gasteiger charge is -2.19. The zero-order valence-electron chi connectivity index (χ0n) is 15.4. The van der Waals surface area contributed by atoms with E-state index in [9.17, 15) is 8.78 Å². The molecule has 0 fully saturated rings. The highest BCUT2D eigenvalue weighted by Crippen LogP contribution is 2.38. The van der Waals surface area contributed by atoms with Crippen LogP contribution in [0.15, 0.2) is 60.8 Å². The van der Waals surface area contributed by atoms with Crippen molar-refractivity contribution in [3.05, 3.63) is 78.0 Å². The second-order valence-corrected chi connectivity index (χ2v) is 8.72. The minimum Gasteiger partial charge on any atom is -0.256 e. The van der Waals surface area contributed by atoms with Gasteiger partial charge < -0.3 is 0 Å². The number of nitrogens with zero attached hydrogens (tertiary/aromatic N) is 1. The molecule has 0 spiro atoms. The van der Waals surface area contributed by atoms with E-state index in [1.54, 1.807) is 6.20 Å². The van der Waals surface area contributed by atoms with Gasteiger partial charge >= 0.3 is 0 Å². The molecular formula is C23H19F2NS. The topological polar surface area (TPSA) is 12.9 Å². The normalized spacial score (nSPS) is 11.9. The van der Waals surface area contributed by atoms with Crippen molar-refractivity contribution in [1.82, 2.24) is 4.98 Å². The lowest BCUT2D eigenvalue weighted by atomic mass is 9.86. The maximum absolute atomic E-state index is 14.2. The Balaban J connectivity index is 1.82. The second kappa shape index (κ2) is 6.54. The van der Waals surface area contributed by atoms with Gasteiger partial charge in [-0.3, -0.25) is 4.98 Å². The van der Waals surface area contributed by atoms with Crippen LogP contribution in [0.5, 0.6) is 0 Å². The van der Waals surface area contributed by atoms with E-state index in [1.165, 1.54) is 29.0 Å². The Labute approximate surface area is 161 Å². The molecule has 0 bridgehead atoms. The van der Waals surface area contributed by atoms with E-state index in [0.29, 0.717) is 5.56 Å². The van der Waals surface area contributed by atoms with Gasteiger partial charge in [0.25, 0.3) is 0 Å². The Morgan fingerprint density at radius 1 is 0.889 bits per heavy atom. The van der Waals surface area contributed by atoms with E-state index < -0.39 is 11.6 Å². The van der Waals surface area contributed by atoms with Gasteiger partial charge in [0.05, 0.1) is 5.69 Å². The van der Waals surface area contributed by atoms with Crippen LogP contribution in [0, 0.1) is 11.6 Å². The summed E-state index contributed by atoms with van der Waals surface area (Å²) < 4.78 is 28.4. The van der Waals surface area contributed by atoms with Gasteiger partial charge in [0.2, 0.25) is 0 Å². The summed E-state index contributed by atoms with van der Waals surface area (Å²) >= 11 is 1.48. The number of rotatable bonds is 2. The third-order valence-electron chi connectivity index (χ3n) is 4.67. The summed E-state index contributed by atoms with van der Waals surface area (Å²) in [5.74, 6) is -1.12. The van der Waals surface area contributed by atoms with Crippen molar-refractivity contribution in [3.8, 4) is 21.7 Å². The number of aromatic nitrogens is 1. The summed E-state index contributed by atoms with van der Waals surface area (Å²) in [5.41, 5.74) is 3.66. The molecule has 0 aliphatic heterocycles. The number of fused-ring (bicyclic) bond motifs is 1. The molecule has 0 radical (unpaired) electrons. The maximum atomic E-state index is 14.2. The molecule has 136 valence electrons. The van der Waals surface area contributed by atoms with Crippen LogP contribution in [0.3, 0.4) is 0 Å². The molecule has 0 unspecified atom stereocenters. The van der Waals surface area contributed by atoms with Gasteiger partial charge in [-0.1, -0.05) is 45.0 Å². The average molecular weight is 379 g/mol. The molecule has 1 nitrogen and oxygen atoms in total. The monoisotopic (exact) mass is 379 g/mol. The fourth-order valence-electron chi connectivity index (χ4n) is 3.14. The summed E-state index contributed by atoms with van der Waals surface area (Å²) in [5, 5.41) is 0.977. The lowest BCUT2D eigenvalue weighted by Crippen LogP contribution is -2.10. The first kappa shape index (κ1) is 17.8. The molecule has 0 amide bonds. The van der Waals surface area contributed by atoms with Crippen LogP contribution in [0.4, 0.5) is 8.78 Å². The average Bonchev–Trinajstić information content (AvgIpc) is 3.05. The summed E-state index contributed by atoms with van der Waals surface area (Å²) in [4.78, 5) is 5.33. The highest BCUT2D eigenvalue weighted by molar-refractivity contribution is 7.22. The maximum Gasteiger partial charge on any atom is 0.134 e. The SMILES string of the molecule is CC(C)(C)c1ccc(-c2nccc3sc(-c4ccc(F)cc4F)cc23)cc1. The summed E-state index contributed by atoms with van der Waals surface area (Å²) in [6.45, 7) is 6.55. The fourth-order valence-corrected chi connectivity index (χ4v) is 4.23. The van der Waals surface area contributed by atoms with Gasteiger partial charge in [-0.2, -0.15) is 0 Å². The molecule has 0 N–H and O–H groups in total. The quantitative estimate of drug-likeness (QED) is 0.359. The number of pyridine rings is 1. The van der Waals surface area contributed by atoms with E-state index in [-0.39, 0.29) is 5.41 Å². The summed E-state index contributed by atoms with van der Waals surface area (Å²) in [6, 6.07) is 16.0. The van der Waals surface area contributed by atoms with Crippen LogP contribution in [-0.4, -0.2) is 4.98 Å². The molecule has 0 saturated carbocycles. The third-order valence-corrected chi connectivity index (χ3v) is 5.80. The van der Waals surface area contributed by atoms with Gasteiger partial charge in [0.1, 0.15) is 11.6 Å². The van der Waals surface area contributed by atoms with E-state index in [4.69, 9.17) is 0 Å². The zero-order valence-corrected chi connectivity index (χ0v) is 16.2. The Kier molecular flexibility index (Phi) is 4.31.